The van der Waals surface area contributed by atoms with E-state index in [9.17, 15) is 0 Å². The van der Waals surface area contributed by atoms with Crippen LogP contribution in [-0.2, 0) is 0 Å². The molecule has 0 bridgehead atoms. The van der Waals surface area contributed by atoms with Crippen molar-refractivity contribution in [3.05, 3.63) is 58.6 Å². The summed E-state index contributed by atoms with van der Waals surface area (Å²) in [7, 11) is 0. The third-order valence-corrected chi connectivity index (χ3v) is 3.47. The molecule has 0 fully saturated rings. The summed E-state index contributed by atoms with van der Waals surface area (Å²) in [5, 5.41) is 7.29. The number of aromatic nitrogens is 3. The second-order valence-corrected chi connectivity index (χ2v) is 5.25. The molecule has 1 heterocycles. The van der Waals surface area contributed by atoms with Gasteiger partial charge in [0, 0.05) is 15.6 Å². The molecule has 19 heavy (non-hydrogen) atoms. The van der Waals surface area contributed by atoms with E-state index in [1.165, 1.54) is 5.56 Å². The first kappa shape index (κ1) is 12.1. The van der Waals surface area contributed by atoms with Crippen LogP contribution in [0, 0.1) is 6.92 Å². The van der Waals surface area contributed by atoms with Crippen LogP contribution < -0.4 is 0 Å². The number of hydrogen-bond acceptors (Lipinski definition) is 2. The fraction of sp³-hybridized carbons (Fsp3) is 0.0667. The Hall–Kier alpha value is -1.94. The van der Waals surface area contributed by atoms with Crippen LogP contribution in [-0.4, -0.2) is 15.2 Å². The summed E-state index contributed by atoms with van der Waals surface area (Å²) >= 11 is 3.48. The highest BCUT2D eigenvalue weighted by Crippen LogP contribution is 2.25. The van der Waals surface area contributed by atoms with Crippen molar-refractivity contribution in [2.45, 2.75) is 6.92 Å². The molecule has 1 aromatic heterocycles. The zero-order valence-electron chi connectivity index (χ0n) is 10.4. The molecule has 0 amide bonds. The molecule has 3 rings (SSSR count). The van der Waals surface area contributed by atoms with Gasteiger partial charge in [-0.1, -0.05) is 52.3 Å². The van der Waals surface area contributed by atoms with Crippen molar-refractivity contribution < 1.29 is 0 Å². The number of rotatable bonds is 2. The lowest BCUT2D eigenvalue weighted by atomic mass is 10.1. The molecule has 0 aliphatic rings. The lowest BCUT2D eigenvalue weighted by molar-refractivity contribution is 1.10. The average molecular weight is 314 g/mol. The number of benzene rings is 2. The van der Waals surface area contributed by atoms with E-state index >= 15 is 0 Å². The second-order valence-electron chi connectivity index (χ2n) is 4.33. The number of aryl methyl sites for hydroxylation is 1. The number of halogens is 1. The molecule has 0 atom stereocenters. The van der Waals surface area contributed by atoms with Crippen LogP contribution in [0.1, 0.15) is 5.56 Å². The number of H-pyrrole nitrogens is 1. The Morgan fingerprint density at radius 3 is 2.63 bits per heavy atom. The molecule has 2 aromatic carbocycles. The summed E-state index contributed by atoms with van der Waals surface area (Å²) in [4.78, 5) is 4.57. The van der Waals surface area contributed by atoms with Gasteiger partial charge in [-0.25, -0.2) is 4.98 Å². The van der Waals surface area contributed by atoms with Gasteiger partial charge >= 0.3 is 0 Å². The summed E-state index contributed by atoms with van der Waals surface area (Å²) in [6.45, 7) is 2.06. The third kappa shape index (κ3) is 2.44. The Kier molecular flexibility index (Phi) is 3.17. The van der Waals surface area contributed by atoms with Gasteiger partial charge in [0.15, 0.2) is 11.6 Å². The maximum Gasteiger partial charge on any atom is 0.181 e. The predicted molar refractivity (Wildman–Crippen MR) is 79.7 cm³/mol. The van der Waals surface area contributed by atoms with E-state index in [0.29, 0.717) is 0 Å². The van der Waals surface area contributed by atoms with Gasteiger partial charge in [0.25, 0.3) is 0 Å². The van der Waals surface area contributed by atoms with E-state index in [2.05, 4.69) is 44.1 Å². The Bertz CT molecular complexity index is 704. The Morgan fingerprint density at radius 1 is 1.05 bits per heavy atom. The zero-order chi connectivity index (χ0) is 13.2. The van der Waals surface area contributed by atoms with Gasteiger partial charge in [0.05, 0.1) is 0 Å². The Balaban J connectivity index is 2.04. The molecule has 0 saturated heterocycles. The molecule has 1 N–H and O–H groups in total. The van der Waals surface area contributed by atoms with E-state index in [1.807, 2.05) is 42.5 Å². The topological polar surface area (TPSA) is 41.6 Å². The molecule has 0 spiro atoms. The van der Waals surface area contributed by atoms with Crippen LogP contribution in [0.25, 0.3) is 22.8 Å². The average Bonchev–Trinajstić information content (AvgIpc) is 2.92. The van der Waals surface area contributed by atoms with Crippen molar-refractivity contribution in [2.24, 2.45) is 0 Å². The van der Waals surface area contributed by atoms with Gasteiger partial charge < -0.3 is 0 Å². The van der Waals surface area contributed by atoms with Gasteiger partial charge in [-0.3, -0.25) is 5.10 Å². The van der Waals surface area contributed by atoms with E-state index in [4.69, 9.17) is 0 Å². The van der Waals surface area contributed by atoms with Gasteiger partial charge in [0.2, 0.25) is 0 Å². The first-order chi connectivity index (χ1) is 9.24. The summed E-state index contributed by atoms with van der Waals surface area (Å²) in [5.41, 5.74) is 3.24. The minimum absolute atomic E-state index is 0.718. The molecule has 94 valence electrons. The summed E-state index contributed by atoms with van der Waals surface area (Å²) in [5.74, 6) is 1.51. The van der Waals surface area contributed by atoms with Gasteiger partial charge in [-0.05, 0) is 24.6 Å². The van der Waals surface area contributed by atoms with E-state index in [-0.39, 0.29) is 0 Å². The van der Waals surface area contributed by atoms with Crippen LogP contribution in [0.2, 0.25) is 0 Å². The monoisotopic (exact) mass is 313 g/mol. The quantitative estimate of drug-likeness (QED) is 0.770. The van der Waals surface area contributed by atoms with E-state index < -0.39 is 0 Å². The normalized spacial score (nSPS) is 10.6. The van der Waals surface area contributed by atoms with Crippen molar-refractivity contribution in [3.63, 3.8) is 0 Å². The smallest absolute Gasteiger partial charge is 0.181 e. The van der Waals surface area contributed by atoms with Gasteiger partial charge in [0.1, 0.15) is 0 Å². The first-order valence-corrected chi connectivity index (χ1v) is 6.78. The molecule has 0 unspecified atom stereocenters. The van der Waals surface area contributed by atoms with Crippen LogP contribution >= 0.6 is 15.9 Å². The summed E-state index contributed by atoms with van der Waals surface area (Å²) < 4.78 is 1.03. The summed E-state index contributed by atoms with van der Waals surface area (Å²) in [6.07, 6.45) is 0. The number of nitrogens with one attached hydrogen (secondary N) is 1. The van der Waals surface area contributed by atoms with Crippen LogP contribution in [0.3, 0.4) is 0 Å². The SMILES string of the molecule is Cc1ccc(Br)cc1-c1nc(-c2ccccc2)n[nH]1. The molecule has 4 heteroatoms. The maximum absolute atomic E-state index is 4.57. The van der Waals surface area contributed by atoms with Crippen molar-refractivity contribution in [2.75, 3.05) is 0 Å². The molecule has 3 nitrogen and oxygen atoms in total. The van der Waals surface area contributed by atoms with E-state index in [0.717, 1.165) is 27.2 Å². The molecular formula is C15H12BrN3. The largest absolute Gasteiger partial charge is 0.259 e. The zero-order valence-corrected chi connectivity index (χ0v) is 12.0. The van der Waals surface area contributed by atoms with E-state index in [1.54, 1.807) is 0 Å². The van der Waals surface area contributed by atoms with Gasteiger partial charge in [-0.2, -0.15) is 5.10 Å². The summed E-state index contributed by atoms with van der Waals surface area (Å²) in [6, 6.07) is 16.1. The minimum atomic E-state index is 0.718. The highest BCUT2D eigenvalue weighted by Gasteiger charge is 2.09. The minimum Gasteiger partial charge on any atom is -0.259 e. The predicted octanol–water partition coefficient (Wildman–Crippen LogP) is 4.21. The van der Waals surface area contributed by atoms with Crippen molar-refractivity contribution in [1.29, 1.82) is 0 Å². The van der Waals surface area contributed by atoms with Crippen molar-refractivity contribution in [1.82, 2.24) is 15.2 Å². The number of nitrogens with zero attached hydrogens (tertiary/aromatic N) is 2. The highest BCUT2D eigenvalue weighted by atomic mass is 79.9. The van der Waals surface area contributed by atoms with Gasteiger partial charge in [-0.15, -0.1) is 0 Å². The standard InChI is InChI=1S/C15H12BrN3/c1-10-7-8-12(16)9-13(10)15-17-14(18-19-15)11-5-3-2-4-6-11/h2-9H,1H3,(H,17,18,19). The molecule has 0 radical (unpaired) electrons. The molecule has 0 aliphatic heterocycles. The lowest BCUT2D eigenvalue weighted by Gasteiger charge is -2.02. The molecular weight excluding hydrogens is 302 g/mol. The van der Waals surface area contributed by atoms with Crippen LogP contribution in [0.15, 0.2) is 53.0 Å². The fourth-order valence-corrected chi connectivity index (χ4v) is 2.31. The lowest BCUT2D eigenvalue weighted by Crippen LogP contribution is -1.85. The van der Waals surface area contributed by atoms with Crippen LogP contribution in [0.4, 0.5) is 0 Å². The molecule has 0 aliphatic carbocycles. The Labute approximate surface area is 119 Å². The fourth-order valence-electron chi connectivity index (χ4n) is 1.95. The third-order valence-electron chi connectivity index (χ3n) is 2.97. The highest BCUT2D eigenvalue weighted by molar-refractivity contribution is 9.10. The molecule has 0 saturated carbocycles. The number of aromatic amines is 1. The van der Waals surface area contributed by atoms with Crippen molar-refractivity contribution in [3.8, 4) is 22.8 Å². The Morgan fingerprint density at radius 2 is 1.84 bits per heavy atom. The van der Waals surface area contributed by atoms with Crippen molar-refractivity contribution >= 4 is 15.9 Å². The first-order valence-electron chi connectivity index (χ1n) is 5.98. The second kappa shape index (κ2) is 4.97. The molecule has 3 aromatic rings. The number of hydrogen-bond donors (Lipinski definition) is 1. The van der Waals surface area contributed by atoms with Crippen LogP contribution in [0.5, 0.6) is 0 Å². The maximum atomic E-state index is 4.57.